The maximum Gasteiger partial charge on any atom is 0.0947 e. The van der Waals surface area contributed by atoms with Crippen LogP contribution < -0.4 is 0 Å². The van der Waals surface area contributed by atoms with E-state index in [0.717, 1.165) is 38.0 Å². The second kappa shape index (κ2) is 6.32. The molecular formula is C15H23NO2. The number of aliphatic hydroxyl groups excluding tert-OH is 1. The highest BCUT2D eigenvalue weighted by Gasteiger charge is 2.29. The van der Waals surface area contributed by atoms with Crippen molar-refractivity contribution in [1.29, 1.82) is 0 Å². The van der Waals surface area contributed by atoms with Crippen LogP contribution in [0.3, 0.4) is 0 Å². The van der Waals surface area contributed by atoms with E-state index in [9.17, 15) is 5.11 Å². The highest BCUT2D eigenvalue weighted by molar-refractivity contribution is 5.32. The van der Waals surface area contributed by atoms with E-state index in [1.165, 1.54) is 5.56 Å². The van der Waals surface area contributed by atoms with Gasteiger partial charge in [0.1, 0.15) is 0 Å². The lowest BCUT2D eigenvalue weighted by Crippen LogP contribution is -2.40. The third-order valence-electron chi connectivity index (χ3n) is 3.87. The van der Waals surface area contributed by atoms with Crippen LogP contribution in [-0.4, -0.2) is 43.4 Å². The molecule has 2 unspecified atom stereocenters. The summed E-state index contributed by atoms with van der Waals surface area (Å²) in [5.41, 5.74) is 2.40. The van der Waals surface area contributed by atoms with E-state index in [1.807, 2.05) is 12.1 Å². The number of hydrogen-bond acceptors (Lipinski definition) is 3. The molecule has 18 heavy (non-hydrogen) atoms. The Morgan fingerprint density at radius 1 is 1.39 bits per heavy atom. The number of methoxy groups -OCH3 is 1. The van der Waals surface area contributed by atoms with E-state index in [1.54, 1.807) is 7.11 Å². The average molecular weight is 249 g/mol. The number of likely N-dealkylation sites (N-methyl/N-ethyl adjacent to an activating group) is 1. The van der Waals surface area contributed by atoms with Gasteiger partial charge in [-0.25, -0.2) is 0 Å². The molecule has 100 valence electrons. The van der Waals surface area contributed by atoms with E-state index < -0.39 is 0 Å². The summed E-state index contributed by atoms with van der Waals surface area (Å²) in [6.45, 7) is 1.75. The first-order valence-corrected chi connectivity index (χ1v) is 6.69. The molecular weight excluding hydrogens is 226 g/mol. The van der Waals surface area contributed by atoms with Crippen LogP contribution in [0, 0.1) is 0 Å². The third kappa shape index (κ3) is 2.91. The number of aryl methyl sites for hydroxylation is 1. The van der Waals surface area contributed by atoms with E-state index in [4.69, 9.17) is 4.74 Å². The Balaban J connectivity index is 2.00. The Morgan fingerprint density at radius 3 is 2.94 bits per heavy atom. The van der Waals surface area contributed by atoms with Gasteiger partial charge in [-0.15, -0.1) is 0 Å². The van der Waals surface area contributed by atoms with Crippen LogP contribution in [0.25, 0.3) is 0 Å². The largest absolute Gasteiger partial charge is 0.387 e. The first-order valence-electron chi connectivity index (χ1n) is 6.69. The Bertz CT molecular complexity index is 381. The number of nitrogens with zero attached hydrogens (tertiary/aromatic N) is 1. The molecule has 3 heteroatoms. The topological polar surface area (TPSA) is 32.7 Å². The molecule has 0 radical (unpaired) electrons. The molecule has 0 spiro atoms. The van der Waals surface area contributed by atoms with Gasteiger partial charge in [0.2, 0.25) is 0 Å². The molecule has 0 saturated carbocycles. The molecule has 0 saturated heterocycles. The fraction of sp³-hybridized carbons (Fsp3) is 0.600. The molecule has 0 fully saturated rings. The van der Waals surface area contributed by atoms with Gasteiger partial charge in [0.25, 0.3) is 0 Å². The van der Waals surface area contributed by atoms with Crippen molar-refractivity contribution in [2.75, 3.05) is 27.3 Å². The van der Waals surface area contributed by atoms with Crippen LogP contribution in [0.1, 0.15) is 30.1 Å². The molecule has 1 N–H and O–H groups in total. The quantitative estimate of drug-likeness (QED) is 0.810. The molecule has 1 aromatic carbocycles. The molecule has 0 bridgehead atoms. The summed E-state index contributed by atoms with van der Waals surface area (Å²) in [6.07, 6.45) is 2.74. The zero-order valence-corrected chi connectivity index (χ0v) is 11.3. The molecule has 0 aromatic heterocycles. The van der Waals surface area contributed by atoms with Gasteiger partial charge in [-0.05, 0) is 37.4 Å². The van der Waals surface area contributed by atoms with E-state index in [2.05, 4.69) is 24.1 Å². The van der Waals surface area contributed by atoms with Crippen LogP contribution in [0.4, 0.5) is 0 Å². The zero-order chi connectivity index (χ0) is 13.0. The Labute approximate surface area is 109 Å². The number of hydrogen-bond donors (Lipinski definition) is 1. The Morgan fingerprint density at radius 2 is 2.17 bits per heavy atom. The van der Waals surface area contributed by atoms with Gasteiger partial charge in [0.15, 0.2) is 0 Å². The van der Waals surface area contributed by atoms with Crippen LogP contribution >= 0.6 is 0 Å². The summed E-state index contributed by atoms with van der Waals surface area (Å²) in [5, 5.41) is 10.5. The third-order valence-corrected chi connectivity index (χ3v) is 3.87. The SMILES string of the molecule is COCCCN(C)C1CCc2ccccc2C1O. The van der Waals surface area contributed by atoms with Gasteiger partial charge in [0, 0.05) is 26.3 Å². The molecule has 0 amide bonds. The fourth-order valence-electron chi connectivity index (χ4n) is 2.80. The van der Waals surface area contributed by atoms with Crippen molar-refractivity contribution < 1.29 is 9.84 Å². The van der Waals surface area contributed by atoms with Crippen molar-refractivity contribution in [3.63, 3.8) is 0 Å². The standard InChI is InChI=1S/C15H23NO2/c1-16(10-5-11-18-2)14-9-8-12-6-3-4-7-13(12)15(14)17/h3-4,6-7,14-15,17H,5,8-11H2,1-2H3. The first kappa shape index (κ1) is 13.5. The Kier molecular flexibility index (Phi) is 4.75. The van der Waals surface area contributed by atoms with Crippen molar-refractivity contribution in [1.82, 2.24) is 4.90 Å². The van der Waals surface area contributed by atoms with Gasteiger partial charge in [-0.2, -0.15) is 0 Å². The number of rotatable bonds is 5. The molecule has 1 aromatic rings. The van der Waals surface area contributed by atoms with Crippen LogP contribution in [0.5, 0.6) is 0 Å². The van der Waals surface area contributed by atoms with E-state index >= 15 is 0 Å². The lowest BCUT2D eigenvalue weighted by Gasteiger charge is -2.36. The van der Waals surface area contributed by atoms with Crippen molar-refractivity contribution in [3.8, 4) is 0 Å². The van der Waals surface area contributed by atoms with E-state index in [0.29, 0.717) is 0 Å². The molecule has 3 nitrogen and oxygen atoms in total. The second-order valence-corrected chi connectivity index (χ2v) is 5.08. The van der Waals surface area contributed by atoms with Crippen molar-refractivity contribution >= 4 is 0 Å². The number of ether oxygens (including phenoxy) is 1. The van der Waals surface area contributed by atoms with Crippen LogP contribution in [-0.2, 0) is 11.2 Å². The van der Waals surface area contributed by atoms with Crippen LogP contribution in [0.2, 0.25) is 0 Å². The summed E-state index contributed by atoms with van der Waals surface area (Å²) >= 11 is 0. The monoisotopic (exact) mass is 249 g/mol. The van der Waals surface area contributed by atoms with Crippen molar-refractivity contribution in [2.45, 2.75) is 31.4 Å². The minimum Gasteiger partial charge on any atom is -0.387 e. The first-order chi connectivity index (χ1) is 8.74. The molecule has 1 aliphatic carbocycles. The highest BCUT2D eigenvalue weighted by Crippen LogP contribution is 2.32. The van der Waals surface area contributed by atoms with Gasteiger partial charge < -0.3 is 14.7 Å². The van der Waals surface area contributed by atoms with Crippen LogP contribution in [0.15, 0.2) is 24.3 Å². The van der Waals surface area contributed by atoms with Crippen molar-refractivity contribution in [3.05, 3.63) is 35.4 Å². The maximum atomic E-state index is 10.5. The summed E-state index contributed by atoms with van der Waals surface area (Å²) in [7, 11) is 3.82. The summed E-state index contributed by atoms with van der Waals surface area (Å²) < 4.78 is 5.07. The lowest BCUT2D eigenvalue weighted by atomic mass is 9.85. The zero-order valence-electron chi connectivity index (χ0n) is 11.3. The highest BCUT2D eigenvalue weighted by atomic mass is 16.5. The predicted molar refractivity (Wildman–Crippen MR) is 72.6 cm³/mol. The molecule has 2 atom stereocenters. The van der Waals surface area contributed by atoms with Gasteiger partial charge >= 0.3 is 0 Å². The van der Waals surface area contributed by atoms with Gasteiger partial charge in [-0.3, -0.25) is 0 Å². The van der Waals surface area contributed by atoms with E-state index in [-0.39, 0.29) is 12.1 Å². The maximum absolute atomic E-state index is 10.5. The molecule has 0 aliphatic heterocycles. The second-order valence-electron chi connectivity index (χ2n) is 5.08. The fourth-order valence-corrected chi connectivity index (χ4v) is 2.80. The smallest absolute Gasteiger partial charge is 0.0947 e. The summed E-state index contributed by atoms with van der Waals surface area (Å²) in [4.78, 5) is 2.26. The minimum absolute atomic E-state index is 0.233. The van der Waals surface area contributed by atoms with Gasteiger partial charge in [0.05, 0.1) is 6.10 Å². The molecule has 0 heterocycles. The molecule has 1 aliphatic rings. The minimum atomic E-state index is -0.359. The number of benzene rings is 1. The van der Waals surface area contributed by atoms with Gasteiger partial charge in [-0.1, -0.05) is 24.3 Å². The number of fused-ring (bicyclic) bond motifs is 1. The summed E-state index contributed by atoms with van der Waals surface area (Å²) in [5.74, 6) is 0. The lowest BCUT2D eigenvalue weighted by molar-refractivity contribution is 0.0455. The Hall–Kier alpha value is -0.900. The predicted octanol–water partition coefficient (Wildman–Crippen LogP) is 2.00. The number of aliphatic hydroxyl groups is 1. The summed E-state index contributed by atoms with van der Waals surface area (Å²) in [6, 6.07) is 8.47. The normalized spacial score (nSPS) is 23.1. The molecule has 2 rings (SSSR count). The average Bonchev–Trinajstić information content (AvgIpc) is 2.39. The van der Waals surface area contributed by atoms with Crippen molar-refractivity contribution in [2.24, 2.45) is 0 Å².